The molecule has 0 fully saturated rings. The summed E-state index contributed by atoms with van der Waals surface area (Å²) in [4.78, 5) is 24.8. The second-order valence-electron chi connectivity index (χ2n) is 7.70. The molecule has 2 rings (SSSR count). The van der Waals surface area contributed by atoms with Crippen molar-refractivity contribution in [2.45, 2.75) is 19.3 Å². The number of quaternary nitrogens is 1. The van der Waals surface area contributed by atoms with Gasteiger partial charge in [0.1, 0.15) is 0 Å². The van der Waals surface area contributed by atoms with Crippen LogP contribution in [0.15, 0.2) is 54.6 Å². The highest BCUT2D eigenvalue weighted by molar-refractivity contribution is 6.09. The monoisotopic (exact) mass is 353 g/mol. The Morgan fingerprint density at radius 3 is 2.08 bits per heavy atom. The first-order chi connectivity index (χ1) is 12.3. The molecule has 0 heterocycles. The molecule has 138 valence electrons. The molecule has 0 aliphatic rings. The van der Waals surface area contributed by atoms with Crippen LogP contribution in [0.1, 0.15) is 40.7 Å². The number of carbonyl (C=O) groups is 2. The molecule has 0 spiro atoms. The second-order valence-corrected chi connectivity index (χ2v) is 7.70. The van der Waals surface area contributed by atoms with Crippen LogP contribution in [0.3, 0.4) is 0 Å². The highest BCUT2D eigenvalue weighted by Gasteiger charge is 2.16. The Kier molecular flexibility index (Phi) is 6.70. The quantitative estimate of drug-likeness (QED) is 0.450. The van der Waals surface area contributed by atoms with Gasteiger partial charge in [0.15, 0.2) is 5.78 Å². The van der Waals surface area contributed by atoms with Gasteiger partial charge in [-0.2, -0.15) is 0 Å². The van der Waals surface area contributed by atoms with E-state index in [0.717, 1.165) is 23.0 Å². The van der Waals surface area contributed by atoms with Crippen LogP contribution in [0, 0.1) is 0 Å². The van der Waals surface area contributed by atoms with Crippen molar-refractivity contribution >= 4 is 11.7 Å². The number of rotatable bonds is 8. The molecule has 4 heteroatoms. The van der Waals surface area contributed by atoms with Gasteiger partial charge in [-0.25, -0.2) is 0 Å². The van der Waals surface area contributed by atoms with Gasteiger partial charge in [0.05, 0.1) is 33.6 Å². The SMILES string of the molecule is C[C@@H](C(=O)NCCC[N+](C)(C)C)c1ccc(C(=O)c2ccccc2)cc1. The molecule has 1 N–H and O–H groups in total. The van der Waals surface area contributed by atoms with Crippen LogP contribution in [0.4, 0.5) is 0 Å². The van der Waals surface area contributed by atoms with E-state index in [-0.39, 0.29) is 17.6 Å². The van der Waals surface area contributed by atoms with E-state index in [1.165, 1.54) is 0 Å². The predicted molar refractivity (Wildman–Crippen MR) is 105 cm³/mol. The summed E-state index contributed by atoms with van der Waals surface area (Å²) in [6.45, 7) is 3.59. The maximum absolute atomic E-state index is 12.4. The molecule has 1 amide bonds. The van der Waals surface area contributed by atoms with Gasteiger partial charge < -0.3 is 9.80 Å². The van der Waals surface area contributed by atoms with Gasteiger partial charge >= 0.3 is 0 Å². The first-order valence-corrected chi connectivity index (χ1v) is 9.06. The van der Waals surface area contributed by atoms with Gasteiger partial charge in [0, 0.05) is 24.1 Å². The van der Waals surface area contributed by atoms with Crippen molar-refractivity contribution in [1.82, 2.24) is 5.32 Å². The Hall–Kier alpha value is -2.46. The number of hydrogen-bond donors (Lipinski definition) is 1. The summed E-state index contributed by atoms with van der Waals surface area (Å²) in [6, 6.07) is 16.5. The number of amides is 1. The number of nitrogens with one attached hydrogen (secondary N) is 1. The van der Waals surface area contributed by atoms with Gasteiger partial charge in [-0.3, -0.25) is 9.59 Å². The van der Waals surface area contributed by atoms with Crippen molar-refractivity contribution in [3.8, 4) is 0 Å². The fourth-order valence-electron chi connectivity index (χ4n) is 2.75. The summed E-state index contributed by atoms with van der Waals surface area (Å²) >= 11 is 0. The van der Waals surface area contributed by atoms with E-state index in [9.17, 15) is 9.59 Å². The van der Waals surface area contributed by atoms with Crippen LogP contribution in [0.5, 0.6) is 0 Å². The van der Waals surface area contributed by atoms with Gasteiger partial charge in [0.2, 0.25) is 5.91 Å². The molecule has 2 aromatic carbocycles. The normalized spacial score (nSPS) is 12.5. The van der Waals surface area contributed by atoms with Crippen molar-refractivity contribution in [3.63, 3.8) is 0 Å². The molecule has 0 radical (unpaired) electrons. The molecule has 2 aromatic rings. The number of ketones is 1. The van der Waals surface area contributed by atoms with Gasteiger partial charge in [-0.05, 0) is 12.5 Å². The molecule has 0 aromatic heterocycles. The molecule has 0 unspecified atom stereocenters. The minimum absolute atomic E-state index is 0.00504. The van der Waals surface area contributed by atoms with Gasteiger partial charge in [-0.15, -0.1) is 0 Å². The summed E-state index contributed by atoms with van der Waals surface area (Å²) in [5, 5.41) is 3.00. The molecular formula is C22H29N2O2+. The maximum Gasteiger partial charge on any atom is 0.227 e. The van der Waals surface area contributed by atoms with Crippen LogP contribution >= 0.6 is 0 Å². The van der Waals surface area contributed by atoms with Gasteiger partial charge in [0.25, 0.3) is 0 Å². The van der Waals surface area contributed by atoms with Crippen molar-refractivity contribution in [2.75, 3.05) is 34.2 Å². The number of hydrogen-bond acceptors (Lipinski definition) is 2. The van der Waals surface area contributed by atoms with Crippen LogP contribution in [-0.2, 0) is 4.79 Å². The lowest BCUT2D eigenvalue weighted by Crippen LogP contribution is -2.38. The Morgan fingerprint density at radius 2 is 1.50 bits per heavy atom. The van der Waals surface area contributed by atoms with Crippen LogP contribution in [-0.4, -0.2) is 50.4 Å². The Labute approximate surface area is 156 Å². The van der Waals surface area contributed by atoms with Crippen molar-refractivity contribution < 1.29 is 14.1 Å². The number of benzene rings is 2. The molecule has 0 bridgehead atoms. The van der Waals surface area contributed by atoms with E-state index < -0.39 is 0 Å². The Bertz CT molecular complexity index is 731. The van der Waals surface area contributed by atoms with E-state index in [1.807, 2.05) is 49.4 Å². The van der Waals surface area contributed by atoms with E-state index in [2.05, 4.69) is 26.5 Å². The fourth-order valence-corrected chi connectivity index (χ4v) is 2.75. The minimum atomic E-state index is -0.236. The minimum Gasteiger partial charge on any atom is -0.355 e. The third kappa shape index (κ3) is 5.81. The average molecular weight is 353 g/mol. The van der Waals surface area contributed by atoms with Crippen molar-refractivity contribution in [2.24, 2.45) is 0 Å². The summed E-state index contributed by atoms with van der Waals surface area (Å²) in [5.41, 5.74) is 2.22. The molecule has 1 atom stereocenters. The van der Waals surface area contributed by atoms with Crippen LogP contribution < -0.4 is 5.32 Å². The standard InChI is InChI=1S/C22H28N2O2/c1-17(22(26)23-15-8-16-24(2,3)4)18-11-13-20(14-12-18)21(25)19-9-6-5-7-10-19/h5-7,9-14,17H,8,15-16H2,1-4H3/p+1/t17-/m1/s1. The highest BCUT2D eigenvalue weighted by atomic mass is 16.1. The van der Waals surface area contributed by atoms with E-state index in [1.54, 1.807) is 12.1 Å². The van der Waals surface area contributed by atoms with Crippen LogP contribution in [0.25, 0.3) is 0 Å². The van der Waals surface area contributed by atoms with Crippen molar-refractivity contribution in [1.29, 1.82) is 0 Å². The third-order valence-electron chi connectivity index (χ3n) is 4.41. The average Bonchev–Trinajstić information content (AvgIpc) is 2.64. The fraction of sp³-hybridized carbons (Fsp3) is 0.364. The summed E-state index contributed by atoms with van der Waals surface area (Å²) in [6.07, 6.45) is 0.951. The van der Waals surface area contributed by atoms with Crippen molar-refractivity contribution in [3.05, 3.63) is 71.3 Å². The lowest BCUT2D eigenvalue weighted by molar-refractivity contribution is -0.870. The zero-order valence-electron chi connectivity index (χ0n) is 16.2. The molecule has 26 heavy (non-hydrogen) atoms. The lowest BCUT2D eigenvalue weighted by atomic mass is 9.96. The third-order valence-corrected chi connectivity index (χ3v) is 4.41. The summed E-state index contributed by atoms with van der Waals surface area (Å²) < 4.78 is 0.891. The highest BCUT2D eigenvalue weighted by Crippen LogP contribution is 2.18. The Balaban J connectivity index is 1.92. The zero-order chi connectivity index (χ0) is 19.2. The van der Waals surface area contributed by atoms with E-state index in [0.29, 0.717) is 17.7 Å². The lowest BCUT2D eigenvalue weighted by Gasteiger charge is -2.23. The largest absolute Gasteiger partial charge is 0.355 e. The summed E-state index contributed by atoms with van der Waals surface area (Å²) in [5.74, 6) is -0.219. The summed E-state index contributed by atoms with van der Waals surface area (Å²) in [7, 11) is 6.42. The number of carbonyl (C=O) groups excluding carboxylic acids is 2. The van der Waals surface area contributed by atoms with E-state index >= 15 is 0 Å². The first-order valence-electron chi connectivity index (χ1n) is 9.06. The zero-order valence-corrected chi connectivity index (χ0v) is 16.2. The number of nitrogens with zero attached hydrogens (tertiary/aromatic N) is 1. The molecule has 0 aliphatic heterocycles. The maximum atomic E-state index is 12.4. The predicted octanol–water partition coefficient (Wildman–Crippen LogP) is 3.23. The topological polar surface area (TPSA) is 46.2 Å². The molecule has 0 aliphatic carbocycles. The van der Waals surface area contributed by atoms with Crippen LogP contribution in [0.2, 0.25) is 0 Å². The Morgan fingerprint density at radius 1 is 0.923 bits per heavy atom. The first kappa shape index (κ1) is 19.9. The molecular weight excluding hydrogens is 324 g/mol. The smallest absolute Gasteiger partial charge is 0.227 e. The molecule has 0 saturated heterocycles. The molecule has 4 nitrogen and oxygen atoms in total. The molecule has 0 saturated carbocycles. The van der Waals surface area contributed by atoms with Gasteiger partial charge in [-0.1, -0.05) is 54.6 Å². The second kappa shape index (κ2) is 8.77. The van der Waals surface area contributed by atoms with E-state index in [4.69, 9.17) is 0 Å².